The van der Waals surface area contributed by atoms with Crippen molar-refractivity contribution < 1.29 is 4.74 Å². The largest absolute Gasteiger partial charge is 0.376 e. The van der Waals surface area contributed by atoms with Crippen LogP contribution in [0, 0.1) is 0 Å². The van der Waals surface area contributed by atoms with Crippen LogP contribution >= 0.6 is 12.2 Å². The van der Waals surface area contributed by atoms with Crippen LogP contribution in [0.15, 0.2) is 42.7 Å². The number of rotatable bonds is 5. The molecule has 1 N–H and O–H groups in total. The molecule has 2 aromatic heterocycles. The van der Waals surface area contributed by atoms with Crippen LogP contribution in [0.2, 0.25) is 0 Å². The van der Waals surface area contributed by atoms with E-state index in [2.05, 4.69) is 50.2 Å². The van der Waals surface area contributed by atoms with Crippen molar-refractivity contribution in [2.45, 2.75) is 69.3 Å². The Hall–Kier alpha value is -1.92. The van der Waals surface area contributed by atoms with Gasteiger partial charge in [-0.1, -0.05) is 18.9 Å². The summed E-state index contributed by atoms with van der Waals surface area (Å²) in [5, 5.41) is 4.48. The first-order valence-electron chi connectivity index (χ1n) is 10.6. The average Bonchev–Trinajstić information content (AvgIpc) is 3.50. The lowest BCUT2D eigenvalue weighted by Gasteiger charge is -2.33. The first-order valence-corrected chi connectivity index (χ1v) is 11.0. The van der Waals surface area contributed by atoms with Crippen LogP contribution in [-0.4, -0.2) is 38.3 Å². The molecule has 2 aromatic rings. The molecule has 0 radical (unpaired) electrons. The molecule has 0 bridgehead atoms. The Morgan fingerprint density at radius 3 is 2.75 bits per heavy atom. The van der Waals surface area contributed by atoms with Crippen LogP contribution in [0.25, 0.3) is 0 Å². The Kier molecular flexibility index (Phi) is 5.07. The number of hydrogen-bond acceptors (Lipinski definition) is 3. The molecular weight excluding hydrogens is 368 g/mol. The quantitative estimate of drug-likeness (QED) is 0.775. The highest BCUT2D eigenvalue weighted by Gasteiger charge is 2.44. The second kappa shape index (κ2) is 7.84. The Balaban J connectivity index is 1.52. The maximum absolute atomic E-state index is 5.91. The number of hydrogen-bond donors (Lipinski definition) is 1. The van der Waals surface area contributed by atoms with E-state index in [0.29, 0.717) is 12.1 Å². The number of nitrogens with one attached hydrogen (secondary N) is 1. The highest BCUT2D eigenvalue weighted by Crippen LogP contribution is 2.43. The molecule has 28 heavy (non-hydrogen) atoms. The third-order valence-corrected chi connectivity index (χ3v) is 6.77. The van der Waals surface area contributed by atoms with Crippen LogP contribution in [0.4, 0.5) is 0 Å². The summed E-state index contributed by atoms with van der Waals surface area (Å²) >= 11 is 5.85. The molecule has 5 nitrogen and oxygen atoms in total. The molecule has 1 saturated carbocycles. The van der Waals surface area contributed by atoms with Gasteiger partial charge in [0.2, 0.25) is 0 Å². The first kappa shape index (κ1) is 18.1. The molecule has 3 aliphatic rings. The van der Waals surface area contributed by atoms with Crippen molar-refractivity contribution in [1.29, 1.82) is 0 Å². The van der Waals surface area contributed by atoms with Gasteiger partial charge >= 0.3 is 0 Å². The molecule has 0 spiro atoms. The summed E-state index contributed by atoms with van der Waals surface area (Å²) in [4.78, 5) is 7.14. The van der Waals surface area contributed by atoms with Crippen molar-refractivity contribution in [3.8, 4) is 0 Å². The van der Waals surface area contributed by atoms with Gasteiger partial charge in [-0.15, -0.1) is 0 Å². The highest BCUT2D eigenvalue weighted by atomic mass is 32.1. The SMILES string of the molecule is S=C1N[C@H](c2ccccn2)[C@@H](c2cccn2C[C@H]2CCCO2)N1C1CCCC1. The summed E-state index contributed by atoms with van der Waals surface area (Å²) in [7, 11) is 0. The van der Waals surface area contributed by atoms with Gasteiger partial charge in [-0.25, -0.2) is 0 Å². The molecule has 2 saturated heterocycles. The third kappa shape index (κ3) is 3.33. The Labute approximate surface area is 172 Å². The molecule has 1 aliphatic carbocycles. The fraction of sp³-hybridized carbons (Fsp3) is 0.545. The van der Waals surface area contributed by atoms with Crippen LogP contribution in [0.5, 0.6) is 0 Å². The molecule has 4 heterocycles. The van der Waals surface area contributed by atoms with Crippen molar-refractivity contribution in [3.63, 3.8) is 0 Å². The van der Waals surface area contributed by atoms with Crippen molar-refractivity contribution in [2.24, 2.45) is 0 Å². The predicted molar refractivity (Wildman–Crippen MR) is 113 cm³/mol. The summed E-state index contributed by atoms with van der Waals surface area (Å²) in [6.45, 7) is 1.81. The molecule has 0 unspecified atom stereocenters. The molecule has 5 rings (SSSR count). The average molecular weight is 397 g/mol. The topological polar surface area (TPSA) is 42.3 Å². The number of nitrogens with zero attached hydrogens (tertiary/aromatic N) is 3. The van der Waals surface area contributed by atoms with Gasteiger partial charge in [0.05, 0.1) is 23.9 Å². The second-order valence-corrected chi connectivity index (χ2v) is 8.58. The van der Waals surface area contributed by atoms with E-state index < -0.39 is 0 Å². The van der Waals surface area contributed by atoms with E-state index in [1.165, 1.54) is 37.8 Å². The van der Waals surface area contributed by atoms with Crippen LogP contribution < -0.4 is 5.32 Å². The van der Waals surface area contributed by atoms with Gasteiger partial charge in [0.1, 0.15) is 0 Å². The molecule has 0 amide bonds. The number of ether oxygens (including phenoxy) is 1. The van der Waals surface area contributed by atoms with Crippen molar-refractivity contribution >= 4 is 17.3 Å². The lowest BCUT2D eigenvalue weighted by molar-refractivity contribution is 0.0949. The van der Waals surface area contributed by atoms with Crippen LogP contribution in [0.3, 0.4) is 0 Å². The molecule has 3 fully saturated rings. The lowest BCUT2D eigenvalue weighted by Crippen LogP contribution is -2.38. The van der Waals surface area contributed by atoms with E-state index in [0.717, 1.165) is 30.4 Å². The summed E-state index contributed by atoms with van der Waals surface area (Å²) in [6, 6.07) is 11.3. The Morgan fingerprint density at radius 1 is 1.11 bits per heavy atom. The summed E-state index contributed by atoms with van der Waals surface area (Å²) in [5.74, 6) is 0. The van der Waals surface area contributed by atoms with E-state index in [1.54, 1.807) is 0 Å². The van der Waals surface area contributed by atoms with Gasteiger partial charge in [0.15, 0.2) is 5.11 Å². The predicted octanol–water partition coefficient (Wildman–Crippen LogP) is 3.98. The first-order chi connectivity index (χ1) is 13.8. The smallest absolute Gasteiger partial charge is 0.170 e. The zero-order valence-corrected chi connectivity index (χ0v) is 17.0. The third-order valence-electron chi connectivity index (χ3n) is 6.45. The Bertz CT molecular complexity index is 811. The molecule has 3 atom stereocenters. The van der Waals surface area contributed by atoms with Gasteiger partial charge in [-0.2, -0.15) is 0 Å². The maximum atomic E-state index is 5.91. The number of pyridine rings is 1. The van der Waals surface area contributed by atoms with Crippen molar-refractivity contribution in [2.75, 3.05) is 6.61 Å². The minimum absolute atomic E-state index is 0.0763. The molecule has 6 heteroatoms. The summed E-state index contributed by atoms with van der Waals surface area (Å²) < 4.78 is 8.30. The van der Waals surface area contributed by atoms with E-state index in [4.69, 9.17) is 17.0 Å². The van der Waals surface area contributed by atoms with Gasteiger partial charge in [0.25, 0.3) is 0 Å². The molecule has 2 aliphatic heterocycles. The summed E-state index contributed by atoms with van der Waals surface area (Å²) in [6.07, 6.45) is 11.7. The Morgan fingerprint density at radius 2 is 2.00 bits per heavy atom. The zero-order chi connectivity index (χ0) is 18.9. The number of aromatic nitrogens is 2. The van der Waals surface area contributed by atoms with E-state index in [1.807, 2.05) is 12.3 Å². The summed E-state index contributed by atoms with van der Waals surface area (Å²) in [5.41, 5.74) is 2.37. The maximum Gasteiger partial charge on any atom is 0.170 e. The minimum Gasteiger partial charge on any atom is -0.376 e. The minimum atomic E-state index is 0.0763. The van der Waals surface area contributed by atoms with Gasteiger partial charge < -0.3 is 19.5 Å². The van der Waals surface area contributed by atoms with Gasteiger partial charge in [0, 0.05) is 37.3 Å². The molecule has 0 aromatic carbocycles. The normalized spacial score (nSPS) is 28.2. The zero-order valence-electron chi connectivity index (χ0n) is 16.2. The second-order valence-electron chi connectivity index (χ2n) is 8.19. The standard InChI is InChI=1S/C22H28N4OS/c28-22-24-20(18-10-3-4-12-23-18)21(26(22)16-7-1-2-8-16)19-11-5-13-25(19)15-17-9-6-14-27-17/h3-5,10-13,16-17,20-21H,1-2,6-9,14-15H2,(H,24,28)/t17-,20-,21-/m1/s1. The monoisotopic (exact) mass is 396 g/mol. The van der Waals surface area contributed by atoms with Crippen molar-refractivity contribution in [3.05, 3.63) is 54.1 Å². The highest BCUT2D eigenvalue weighted by molar-refractivity contribution is 7.80. The fourth-order valence-electron chi connectivity index (χ4n) is 5.13. The lowest BCUT2D eigenvalue weighted by atomic mass is 9.99. The van der Waals surface area contributed by atoms with E-state index in [9.17, 15) is 0 Å². The van der Waals surface area contributed by atoms with E-state index >= 15 is 0 Å². The molecule has 148 valence electrons. The van der Waals surface area contributed by atoms with Crippen LogP contribution in [-0.2, 0) is 11.3 Å². The number of thiocarbonyl (C=S) groups is 1. The van der Waals surface area contributed by atoms with Crippen molar-refractivity contribution in [1.82, 2.24) is 19.8 Å². The molecular formula is C22H28N4OS. The van der Waals surface area contributed by atoms with Gasteiger partial charge in [-0.3, -0.25) is 4.98 Å². The van der Waals surface area contributed by atoms with Crippen LogP contribution in [0.1, 0.15) is 62.0 Å². The fourth-order valence-corrected chi connectivity index (χ4v) is 5.52. The van der Waals surface area contributed by atoms with E-state index in [-0.39, 0.29) is 12.1 Å². The van der Waals surface area contributed by atoms with Gasteiger partial charge in [-0.05, 0) is 62.2 Å².